The van der Waals surface area contributed by atoms with Crippen molar-refractivity contribution in [2.75, 3.05) is 33.4 Å². The Morgan fingerprint density at radius 2 is 2.07 bits per heavy atom. The van der Waals surface area contributed by atoms with Crippen molar-refractivity contribution in [2.24, 2.45) is 0 Å². The number of ether oxygens (including phenoxy) is 2. The molecule has 0 N–H and O–H groups in total. The minimum Gasteiger partial charge on any atom is -0.385 e. The van der Waals surface area contributed by atoms with Gasteiger partial charge in [-0.3, -0.25) is 4.90 Å². The third kappa shape index (κ3) is 3.74. The predicted molar refractivity (Wildman–Crippen MR) is 62.2 cm³/mol. The first-order valence-corrected chi connectivity index (χ1v) is 5.75. The van der Waals surface area contributed by atoms with E-state index in [1.165, 1.54) is 0 Å². The standard InChI is InChI=1S/C12H25NO2/c1-11(2,3)13-7-9-15-12(4,10-13)6-8-14-5/h6-10H2,1-5H3/t12-/m1/s1. The maximum atomic E-state index is 5.87. The Morgan fingerprint density at radius 1 is 1.40 bits per heavy atom. The molecule has 1 atom stereocenters. The fourth-order valence-corrected chi connectivity index (χ4v) is 1.97. The second-order valence-electron chi connectivity index (χ2n) is 5.63. The van der Waals surface area contributed by atoms with Crippen LogP contribution in [0.5, 0.6) is 0 Å². The molecule has 1 rings (SSSR count). The summed E-state index contributed by atoms with van der Waals surface area (Å²) < 4.78 is 11.0. The fraction of sp³-hybridized carbons (Fsp3) is 1.00. The van der Waals surface area contributed by atoms with Crippen molar-refractivity contribution < 1.29 is 9.47 Å². The lowest BCUT2D eigenvalue weighted by Gasteiger charge is -2.46. The largest absolute Gasteiger partial charge is 0.385 e. The minimum absolute atomic E-state index is 0.0401. The SMILES string of the molecule is COCC[C@]1(C)CN(C(C)(C)C)CCO1. The van der Waals surface area contributed by atoms with Gasteiger partial charge < -0.3 is 9.47 Å². The van der Waals surface area contributed by atoms with Crippen LogP contribution in [0.15, 0.2) is 0 Å². The average Bonchev–Trinajstić information content (AvgIpc) is 2.14. The Morgan fingerprint density at radius 3 is 2.60 bits per heavy atom. The van der Waals surface area contributed by atoms with Crippen molar-refractivity contribution in [3.63, 3.8) is 0 Å². The van der Waals surface area contributed by atoms with Crippen molar-refractivity contribution in [3.8, 4) is 0 Å². The third-order valence-electron chi connectivity index (χ3n) is 3.12. The van der Waals surface area contributed by atoms with E-state index < -0.39 is 0 Å². The molecule has 0 bridgehead atoms. The Kier molecular flexibility index (Phi) is 4.15. The van der Waals surface area contributed by atoms with E-state index >= 15 is 0 Å². The molecule has 0 aromatic carbocycles. The first-order chi connectivity index (χ1) is 6.87. The van der Waals surface area contributed by atoms with Crippen LogP contribution in [0.2, 0.25) is 0 Å². The number of hydrogen-bond donors (Lipinski definition) is 0. The van der Waals surface area contributed by atoms with E-state index in [-0.39, 0.29) is 11.1 Å². The van der Waals surface area contributed by atoms with Gasteiger partial charge in [-0.2, -0.15) is 0 Å². The topological polar surface area (TPSA) is 21.7 Å². The van der Waals surface area contributed by atoms with Gasteiger partial charge in [-0.15, -0.1) is 0 Å². The van der Waals surface area contributed by atoms with Crippen molar-refractivity contribution in [1.29, 1.82) is 0 Å². The number of methoxy groups -OCH3 is 1. The second kappa shape index (κ2) is 4.81. The summed E-state index contributed by atoms with van der Waals surface area (Å²) in [7, 11) is 1.74. The molecular formula is C12H25NO2. The van der Waals surface area contributed by atoms with Gasteiger partial charge in [0.25, 0.3) is 0 Å². The Bertz CT molecular complexity index is 200. The zero-order valence-electron chi connectivity index (χ0n) is 10.8. The Balaban J connectivity index is 2.54. The summed E-state index contributed by atoms with van der Waals surface area (Å²) in [5.41, 5.74) is 0.194. The molecule has 1 fully saturated rings. The van der Waals surface area contributed by atoms with Gasteiger partial charge in [0.1, 0.15) is 0 Å². The summed E-state index contributed by atoms with van der Waals surface area (Å²) in [4.78, 5) is 2.49. The molecule has 15 heavy (non-hydrogen) atoms. The van der Waals surface area contributed by atoms with Crippen LogP contribution in [0.4, 0.5) is 0 Å². The highest BCUT2D eigenvalue weighted by Crippen LogP contribution is 2.26. The molecule has 1 aliphatic rings. The Labute approximate surface area is 93.7 Å². The van der Waals surface area contributed by atoms with E-state index in [9.17, 15) is 0 Å². The van der Waals surface area contributed by atoms with Gasteiger partial charge >= 0.3 is 0 Å². The molecule has 1 saturated heterocycles. The zero-order chi connectivity index (χ0) is 11.5. The van der Waals surface area contributed by atoms with Gasteiger partial charge in [0.2, 0.25) is 0 Å². The predicted octanol–water partition coefficient (Wildman–Crippen LogP) is 1.91. The highest BCUT2D eigenvalue weighted by molar-refractivity contribution is 4.88. The molecule has 1 heterocycles. The van der Waals surface area contributed by atoms with Crippen molar-refractivity contribution >= 4 is 0 Å². The quantitative estimate of drug-likeness (QED) is 0.718. The fourth-order valence-electron chi connectivity index (χ4n) is 1.97. The van der Waals surface area contributed by atoms with Crippen LogP contribution in [0, 0.1) is 0 Å². The first-order valence-electron chi connectivity index (χ1n) is 5.75. The van der Waals surface area contributed by atoms with E-state index in [0.717, 1.165) is 32.7 Å². The van der Waals surface area contributed by atoms with E-state index in [2.05, 4.69) is 32.6 Å². The summed E-state index contributed by atoms with van der Waals surface area (Å²) >= 11 is 0. The van der Waals surface area contributed by atoms with Gasteiger partial charge in [-0.1, -0.05) is 0 Å². The number of morpholine rings is 1. The maximum Gasteiger partial charge on any atom is 0.0803 e. The third-order valence-corrected chi connectivity index (χ3v) is 3.12. The molecule has 0 aromatic rings. The summed E-state index contributed by atoms with van der Waals surface area (Å²) in [6.07, 6.45) is 0.968. The number of hydrogen-bond acceptors (Lipinski definition) is 3. The number of rotatable bonds is 3. The lowest BCUT2D eigenvalue weighted by atomic mass is 9.96. The molecule has 0 saturated carbocycles. The normalized spacial score (nSPS) is 29.4. The van der Waals surface area contributed by atoms with E-state index in [1.807, 2.05) is 0 Å². The van der Waals surface area contributed by atoms with Crippen LogP contribution < -0.4 is 0 Å². The van der Waals surface area contributed by atoms with Crippen molar-refractivity contribution in [1.82, 2.24) is 4.90 Å². The summed E-state index contributed by atoms with van der Waals surface area (Å²) in [6, 6.07) is 0. The van der Waals surface area contributed by atoms with Crippen molar-refractivity contribution in [3.05, 3.63) is 0 Å². The summed E-state index contributed by atoms with van der Waals surface area (Å²) in [5.74, 6) is 0. The molecule has 90 valence electrons. The molecule has 0 unspecified atom stereocenters. The molecule has 0 amide bonds. The number of nitrogens with zero attached hydrogens (tertiary/aromatic N) is 1. The van der Waals surface area contributed by atoms with Gasteiger partial charge in [-0.25, -0.2) is 0 Å². The molecule has 3 nitrogen and oxygen atoms in total. The molecule has 3 heteroatoms. The van der Waals surface area contributed by atoms with E-state index in [1.54, 1.807) is 7.11 Å². The molecule has 0 spiro atoms. The van der Waals surface area contributed by atoms with E-state index in [0.29, 0.717) is 0 Å². The van der Waals surface area contributed by atoms with Gasteiger partial charge in [0, 0.05) is 38.8 Å². The van der Waals surface area contributed by atoms with Gasteiger partial charge in [0.05, 0.1) is 12.2 Å². The van der Waals surface area contributed by atoms with Crippen LogP contribution >= 0.6 is 0 Å². The molecular weight excluding hydrogens is 190 g/mol. The maximum absolute atomic E-state index is 5.87. The second-order valence-corrected chi connectivity index (χ2v) is 5.63. The summed E-state index contributed by atoms with van der Waals surface area (Å²) in [5, 5.41) is 0. The minimum atomic E-state index is -0.0401. The smallest absolute Gasteiger partial charge is 0.0803 e. The lowest BCUT2D eigenvalue weighted by molar-refractivity contribution is -0.127. The molecule has 1 aliphatic heterocycles. The summed E-state index contributed by atoms with van der Waals surface area (Å²) in [6.45, 7) is 12.6. The van der Waals surface area contributed by atoms with Crippen LogP contribution in [0.1, 0.15) is 34.1 Å². The average molecular weight is 215 g/mol. The molecule has 0 aromatic heterocycles. The lowest BCUT2D eigenvalue weighted by Crippen LogP contribution is -2.56. The van der Waals surface area contributed by atoms with Gasteiger partial charge in [-0.05, 0) is 27.7 Å². The zero-order valence-corrected chi connectivity index (χ0v) is 10.8. The van der Waals surface area contributed by atoms with Crippen LogP contribution in [0.25, 0.3) is 0 Å². The van der Waals surface area contributed by atoms with Gasteiger partial charge in [0.15, 0.2) is 0 Å². The highest BCUT2D eigenvalue weighted by Gasteiger charge is 2.35. The first kappa shape index (κ1) is 12.9. The monoisotopic (exact) mass is 215 g/mol. The molecule has 0 aliphatic carbocycles. The van der Waals surface area contributed by atoms with Crippen molar-refractivity contribution in [2.45, 2.75) is 45.3 Å². The van der Waals surface area contributed by atoms with Crippen LogP contribution in [0.3, 0.4) is 0 Å². The van der Waals surface area contributed by atoms with Crippen LogP contribution in [-0.4, -0.2) is 49.5 Å². The van der Waals surface area contributed by atoms with Crippen LogP contribution in [-0.2, 0) is 9.47 Å². The van der Waals surface area contributed by atoms with E-state index in [4.69, 9.17) is 9.47 Å². The molecule has 0 radical (unpaired) electrons. The Hall–Kier alpha value is -0.120. The highest BCUT2D eigenvalue weighted by atomic mass is 16.5.